The van der Waals surface area contributed by atoms with E-state index in [1.165, 1.54) is 0 Å². The summed E-state index contributed by atoms with van der Waals surface area (Å²) in [4.78, 5) is 10.2. The van der Waals surface area contributed by atoms with Crippen LogP contribution in [-0.2, 0) is 14.8 Å². The maximum atomic E-state index is 10.7. The van der Waals surface area contributed by atoms with Gasteiger partial charge in [-0.05, 0) is 19.4 Å². The Kier molecular flexibility index (Phi) is 8.14. The number of sulfonamides is 1. The second-order valence-electron chi connectivity index (χ2n) is 3.62. The Morgan fingerprint density at radius 1 is 1.12 bits per heavy atom. The van der Waals surface area contributed by atoms with Crippen molar-refractivity contribution in [3.05, 3.63) is 0 Å². The van der Waals surface area contributed by atoms with Gasteiger partial charge in [-0.2, -0.15) is 0 Å². The summed E-state index contributed by atoms with van der Waals surface area (Å²) in [5, 5.41) is 11.5. The molecule has 0 aromatic carbocycles. The molecule has 6 nitrogen and oxygen atoms in total. The molecule has 3 N–H and O–H groups in total. The number of carbonyl (C=O) groups is 1. The molecule has 0 bridgehead atoms. The molecule has 0 aliphatic rings. The van der Waals surface area contributed by atoms with Gasteiger partial charge in [0.05, 0.1) is 6.26 Å². The fourth-order valence-electron chi connectivity index (χ4n) is 1.15. The van der Waals surface area contributed by atoms with Crippen LogP contribution in [0, 0.1) is 0 Å². The second kappa shape index (κ2) is 8.49. The molecule has 0 aliphatic heterocycles. The minimum Gasteiger partial charge on any atom is -0.481 e. The van der Waals surface area contributed by atoms with E-state index < -0.39 is 16.0 Å². The Labute approximate surface area is 96.5 Å². The van der Waals surface area contributed by atoms with Gasteiger partial charge in [-0.15, -0.1) is 0 Å². The van der Waals surface area contributed by atoms with Crippen molar-refractivity contribution in [3.63, 3.8) is 0 Å². The van der Waals surface area contributed by atoms with Crippen molar-refractivity contribution in [1.82, 2.24) is 10.0 Å². The maximum Gasteiger partial charge on any atom is 0.303 e. The van der Waals surface area contributed by atoms with Crippen LogP contribution in [0.25, 0.3) is 0 Å². The van der Waals surface area contributed by atoms with Gasteiger partial charge in [0.1, 0.15) is 0 Å². The number of hydrogen-bond acceptors (Lipinski definition) is 4. The summed E-state index contributed by atoms with van der Waals surface area (Å²) in [6.07, 6.45) is 3.82. The first-order valence-corrected chi connectivity index (χ1v) is 7.18. The van der Waals surface area contributed by atoms with Crippen LogP contribution in [0.2, 0.25) is 0 Å². The molecule has 0 aromatic rings. The van der Waals surface area contributed by atoms with E-state index in [4.69, 9.17) is 5.11 Å². The van der Waals surface area contributed by atoms with E-state index >= 15 is 0 Å². The molecule has 16 heavy (non-hydrogen) atoms. The van der Waals surface area contributed by atoms with E-state index in [0.29, 0.717) is 19.5 Å². The lowest BCUT2D eigenvalue weighted by molar-refractivity contribution is -0.137. The average molecular weight is 252 g/mol. The van der Waals surface area contributed by atoms with E-state index in [2.05, 4.69) is 10.0 Å². The Morgan fingerprint density at radius 3 is 2.38 bits per heavy atom. The largest absolute Gasteiger partial charge is 0.481 e. The molecule has 0 saturated heterocycles. The van der Waals surface area contributed by atoms with Crippen LogP contribution < -0.4 is 10.0 Å². The Hall–Kier alpha value is -0.660. The summed E-state index contributed by atoms with van der Waals surface area (Å²) in [6, 6.07) is 0. The molecule has 0 atom stereocenters. The molecule has 0 aliphatic carbocycles. The number of unbranched alkanes of at least 4 members (excludes halogenated alkanes) is 2. The first-order valence-electron chi connectivity index (χ1n) is 5.29. The van der Waals surface area contributed by atoms with Gasteiger partial charge in [0.15, 0.2) is 0 Å². The summed E-state index contributed by atoms with van der Waals surface area (Å²) >= 11 is 0. The van der Waals surface area contributed by atoms with Crippen molar-refractivity contribution in [2.45, 2.75) is 25.7 Å². The molecular weight excluding hydrogens is 232 g/mol. The van der Waals surface area contributed by atoms with Crippen LogP contribution in [0.1, 0.15) is 25.7 Å². The topological polar surface area (TPSA) is 95.5 Å². The Balaban J connectivity index is 3.13. The molecule has 0 unspecified atom stereocenters. The van der Waals surface area contributed by atoms with Gasteiger partial charge in [-0.3, -0.25) is 4.79 Å². The lowest BCUT2D eigenvalue weighted by Crippen LogP contribution is -2.31. The van der Waals surface area contributed by atoms with Crippen molar-refractivity contribution >= 4 is 16.0 Å². The third kappa shape index (κ3) is 13.3. The van der Waals surface area contributed by atoms with Crippen molar-refractivity contribution in [2.24, 2.45) is 0 Å². The van der Waals surface area contributed by atoms with Gasteiger partial charge < -0.3 is 10.4 Å². The standard InChI is InChI=1S/C9H20N2O4S/c1-16(14,15)11-8-7-10-6-4-2-3-5-9(12)13/h10-11H,2-8H2,1H3,(H,12,13). The van der Waals surface area contributed by atoms with Crippen molar-refractivity contribution in [2.75, 3.05) is 25.9 Å². The molecule has 0 radical (unpaired) electrons. The molecule has 7 heteroatoms. The van der Waals surface area contributed by atoms with Gasteiger partial charge in [0.25, 0.3) is 0 Å². The number of carboxylic acid groups (broad SMARTS) is 1. The van der Waals surface area contributed by atoms with Crippen molar-refractivity contribution < 1.29 is 18.3 Å². The third-order valence-corrected chi connectivity index (χ3v) is 2.64. The normalized spacial score (nSPS) is 11.6. The molecule has 0 rings (SSSR count). The van der Waals surface area contributed by atoms with Gasteiger partial charge in [-0.25, -0.2) is 13.1 Å². The maximum absolute atomic E-state index is 10.7. The number of hydrogen-bond donors (Lipinski definition) is 3. The zero-order valence-corrected chi connectivity index (χ0v) is 10.3. The van der Waals surface area contributed by atoms with Gasteiger partial charge in [0.2, 0.25) is 10.0 Å². The highest BCUT2D eigenvalue weighted by molar-refractivity contribution is 7.88. The molecular formula is C9H20N2O4S. The first-order chi connectivity index (χ1) is 7.42. The average Bonchev–Trinajstić information content (AvgIpc) is 2.13. The predicted molar refractivity (Wildman–Crippen MR) is 61.8 cm³/mol. The van der Waals surface area contributed by atoms with Gasteiger partial charge in [-0.1, -0.05) is 6.42 Å². The fourth-order valence-corrected chi connectivity index (χ4v) is 1.63. The van der Waals surface area contributed by atoms with Gasteiger partial charge >= 0.3 is 5.97 Å². The minimum atomic E-state index is -3.09. The van der Waals surface area contributed by atoms with Crippen molar-refractivity contribution in [3.8, 4) is 0 Å². The summed E-state index contributed by atoms with van der Waals surface area (Å²) in [7, 11) is -3.09. The van der Waals surface area contributed by atoms with E-state index in [1.54, 1.807) is 0 Å². The number of aliphatic carboxylic acids is 1. The molecule has 0 fully saturated rings. The zero-order chi connectivity index (χ0) is 12.4. The van der Waals surface area contributed by atoms with E-state index in [-0.39, 0.29) is 6.42 Å². The van der Waals surface area contributed by atoms with Crippen LogP contribution in [-0.4, -0.2) is 45.4 Å². The van der Waals surface area contributed by atoms with Crippen LogP contribution >= 0.6 is 0 Å². The molecule has 0 saturated carbocycles. The number of nitrogens with one attached hydrogen (secondary N) is 2. The molecule has 0 aromatic heterocycles. The van der Waals surface area contributed by atoms with E-state index in [1.807, 2.05) is 0 Å². The first kappa shape index (κ1) is 15.3. The van der Waals surface area contributed by atoms with E-state index in [0.717, 1.165) is 25.6 Å². The number of carboxylic acids is 1. The molecule has 0 heterocycles. The summed E-state index contributed by atoms with van der Waals surface area (Å²) in [6.45, 7) is 1.75. The highest BCUT2D eigenvalue weighted by Gasteiger charge is 1.98. The summed E-state index contributed by atoms with van der Waals surface area (Å²) in [5.74, 6) is -0.759. The second-order valence-corrected chi connectivity index (χ2v) is 5.45. The number of rotatable bonds is 10. The Bertz CT molecular complexity index is 290. The van der Waals surface area contributed by atoms with Crippen LogP contribution in [0.5, 0.6) is 0 Å². The van der Waals surface area contributed by atoms with E-state index in [9.17, 15) is 13.2 Å². The highest BCUT2D eigenvalue weighted by atomic mass is 32.2. The SMILES string of the molecule is CS(=O)(=O)NCCNCCCCCC(=O)O. The quantitative estimate of drug-likeness (QED) is 0.467. The molecule has 0 amide bonds. The summed E-state index contributed by atoms with van der Waals surface area (Å²) < 4.78 is 23.7. The smallest absolute Gasteiger partial charge is 0.303 e. The molecule has 96 valence electrons. The monoisotopic (exact) mass is 252 g/mol. The fraction of sp³-hybridized carbons (Fsp3) is 0.889. The highest BCUT2D eigenvalue weighted by Crippen LogP contribution is 1.98. The van der Waals surface area contributed by atoms with Crippen LogP contribution in [0.4, 0.5) is 0 Å². The van der Waals surface area contributed by atoms with Gasteiger partial charge in [0, 0.05) is 19.5 Å². The molecule has 0 spiro atoms. The van der Waals surface area contributed by atoms with Crippen LogP contribution in [0.15, 0.2) is 0 Å². The lowest BCUT2D eigenvalue weighted by Gasteiger charge is -2.04. The zero-order valence-electron chi connectivity index (χ0n) is 9.53. The van der Waals surface area contributed by atoms with Crippen LogP contribution in [0.3, 0.4) is 0 Å². The van der Waals surface area contributed by atoms with Crippen molar-refractivity contribution in [1.29, 1.82) is 0 Å². The summed E-state index contributed by atoms with van der Waals surface area (Å²) in [5.41, 5.74) is 0. The third-order valence-electron chi connectivity index (χ3n) is 1.91. The predicted octanol–water partition coefficient (Wildman–Crippen LogP) is -0.230. The minimum absolute atomic E-state index is 0.218. The lowest BCUT2D eigenvalue weighted by atomic mass is 10.2. The Morgan fingerprint density at radius 2 is 1.81 bits per heavy atom.